The van der Waals surface area contributed by atoms with Gasteiger partial charge in [0, 0.05) is 13.3 Å². The molecule has 0 radical (unpaired) electrons. The molecule has 1 saturated heterocycles. The molecule has 0 aromatic rings. The summed E-state index contributed by atoms with van der Waals surface area (Å²) in [5.74, 6) is -7.12. The van der Waals surface area contributed by atoms with Crippen LogP contribution in [0.1, 0.15) is 13.3 Å². The van der Waals surface area contributed by atoms with Crippen LogP contribution in [0.4, 0.5) is 0 Å². The third-order valence-electron chi connectivity index (χ3n) is 4.06. The number of aliphatic hydroxyl groups is 1. The standard InChI is InChI=1S/C11H19NO21S4/c1-4(13)12-7-5(31-35(20,21)22)2-11(16,10(14)15)30-9(7)8(33-37(26,27)28)6(32-36(23,24)25)3-29-34(17,18)19/h5-9,16H,2-3H2,1H3,(H,12,13)(H,14,15)(H,17,18,19)(H,20,21,22)(H,23,24,25)(H,26,27,28)/t5-,6+,7+,8+,9+,11+/m0/s1. The van der Waals surface area contributed by atoms with Crippen molar-refractivity contribution >= 4 is 53.5 Å². The third kappa shape index (κ3) is 11.7. The molecule has 26 heteroatoms. The molecule has 7 N–H and O–H groups in total. The number of hydrogen-bond acceptors (Lipinski definition) is 16. The fourth-order valence-corrected chi connectivity index (χ4v) is 4.78. The van der Waals surface area contributed by atoms with Crippen LogP contribution in [0.25, 0.3) is 0 Å². The average molecular weight is 630 g/mol. The molecule has 1 rings (SSSR count). The molecule has 1 amide bonds. The molecule has 6 atom stereocenters. The number of amides is 1. The first-order chi connectivity index (χ1) is 16.3. The minimum atomic E-state index is -5.84. The van der Waals surface area contributed by atoms with Crippen molar-refractivity contribution in [3.63, 3.8) is 0 Å². The van der Waals surface area contributed by atoms with Crippen LogP contribution in [-0.2, 0) is 72.7 Å². The van der Waals surface area contributed by atoms with Gasteiger partial charge in [-0.2, -0.15) is 33.7 Å². The van der Waals surface area contributed by atoms with Gasteiger partial charge in [-0.05, 0) is 0 Å². The fraction of sp³-hybridized carbons (Fsp3) is 0.818. The smallest absolute Gasteiger partial charge is 0.397 e. The Morgan fingerprint density at radius 3 is 1.84 bits per heavy atom. The van der Waals surface area contributed by atoms with Crippen LogP contribution in [-0.4, -0.2) is 117 Å². The van der Waals surface area contributed by atoms with Crippen molar-refractivity contribution in [1.29, 1.82) is 0 Å². The number of carbonyl (C=O) groups excluding carboxylic acids is 1. The molecule has 0 spiro atoms. The van der Waals surface area contributed by atoms with E-state index in [1.165, 1.54) is 0 Å². The van der Waals surface area contributed by atoms with Gasteiger partial charge in [0.25, 0.3) is 5.79 Å². The van der Waals surface area contributed by atoms with Crippen LogP contribution < -0.4 is 5.32 Å². The Morgan fingerprint density at radius 1 is 0.946 bits per heavy atom. The van der Waals surface area contributed by atoms with Gasteiger partial charge in [-0.15, -0.1) is 0 Å². The highest BCUT2D eigenvalue weighted by Crippen LogP contribution is 2.35. The number of hydrogen-bond donors (Lipinski definition) is 7. The summed E-state index contributed by atoms with van der Waals surface area (Å²) in [5, 5.41) is 21.5. The molecule has 1 aliphatic rings. The monoisotopic (exact) mass is 629 g/mol. The van der Waals surface area contributed by atoms with E-state index in [0.29, 0.717) is 0 Å². The zero-order valence-corrected chi connectivity index (χ0v) is 21.0. The van der Waals surface area contributed by atoms with Crippen molar-refractivity contribution in [2.75, 3.05) is 6.61 Å². The van der Waals surface area contributed by atoms with Gasteiger partial charge in [0.15, 0.2) is 0 Å². The summed E-state index contributed by atoms with van der Waals surface area (Å²) in [6.45, 7) is -1.10. The Morgan fingerprint density at radius 2 is 1.46 bits per heavy atom. The number of aliphatic carboxylic acids is 1. The summed E-state index contributed by atoms with van der Waals surface area (Å²) in [6.07, 6.45) is -12.5. The lowest BCUT2D eigenvalue weighted by Gasteiger charge is -2.46. The first kappa shape index (κ1) is 33.4. The predicted molar refractivity (Wildman–Crippen MR) is 106 cm³/mol. The molecule has 22 nitrogen and oxygen atoms in total. The number of carboxylic acid groups (broad SMARTS) is 1. The van der Waals surface area contributed by atoms with E-state index >= 15 is 0 Å². The van der Waals surface area contributed by atoms with Gasteiger partial charge in [0.05, 0.1) is 12.6 Å². The predicted octanol–water partition coefficient (Wildman–Crippen LogP) is -4.56. The van der Waals surface area contributed by atoms with E-state index in [2.05, 4.69) is 16.7 Å². The van der Waals surface area contributed by atoms with E-state index in [9.17, 15) is 53.5 Å². The highest BCUT2D eigenvalue weighted by atomic mass is 32.3. The first-order valence-electron chi connectivity index (χ1n) is 8.81. The van der Waals surface area contributed by atoms with E-state index in [0.717, 1.165) is 6.92 Å². The van der Waals surface area contributed by atoms with Gasteiger partial charge in [-0.1, -0.05) is 0 Å². The molecule has 1 heterocycles. The maximum atomic E-state index is 11.7. The lowest BCUT2D eigenvalue weighted by atomic mass is 9.88. The number of rotatable bonds is 13. The fourth-order valence-electron chi connectivity index (χ4n) is 2.98. The quantitative estimate of drug-likeness (QED) is 0.0942. The lowest BCUT2D eigenvalue weighted by molar-refractivity contribution is -0.289. The van der Waals surface area contributed by atoms with Crippen molar-refractivity contribution in [2.24, 2.45) is 0 Å². The molecule has 37 heavy (non-hydrogen) atoms. The molecule has 0 saturated carbocycles. The van der Waals surface area contributed by atoms with E-state index < -0.39 is 103 Å². The van der Waals surface area contributed by atoms with Crippen molar-refractivity contribution in [2.45, 2.75) is 49.6 Å². The molecular formula is C11H19NO21S4. The molecule has 0 aromatic heterocycles. The molecule has 1 aliphatic heterocycles. The Kier molecular flexibility index (Phi) is 10.5. The van der Waals surface area contributed by atoms with Crippen molar-refractivity contribution < 1.29 is 93.2 Å². The molecule has 0 bridgehead atoms. The van der Waals surface area contributed by atoms with Crippen LogP contribution in [0.3, 0.4) is 0 Å². The van der Waals surface area contributed by atoms with E-state index in [1.54, 1.807) is 0 Å². The Balaban J connectivity index is 3.87. The minimum Gasteiger partial charge on any atom is -0.477 e. The van der Waals surface area contributed by atoms with Crippen LogP contribution in [0.2, 0.25) is 0 Å². The lowest BCUT2D eigenvalue weighted by Crippen LogP contribution is -2.68. The normalized spacial score (nSPS) is 27.2. The van der Waals surface area contributed by atoms with E-state index in [1.807, 2.05) is 5.32 Å². The summed E-state index contributed by atoms with van der Waals surface area (Å²) in [5.41, 5.74) is 0. The second-order valence-electron chi connectivity index (χ2n) is 6.93. The van der Waals surface area contributed by atoms with Crippen molar-refractivity contribution in [3.05, 3.63) is 0 Å². The molecule has 1 fully saturated rings. The van der Waals surface area contributed by atoms with Crippen LogP contribution >= 0.6 is 0 Å². The van der Waals surface area contributed by atoms with Crippen molar-refractivity contribution in [3.8, 4) is 0 Å². The largest absolute Gasteiger partial charge is 0.477 e. The Bertz CT molecular complexity index is 1290. The average Bonchev–Trinajstić information content (AvgIpc) is 2.61. The second kappa shape index (κ2) is 11.6. The minimum absolute atomic E-state index is 0.728. The number of ether oxygens (including phenoxy) is 1. The summed E-state index contributed by atoms with van der Waals surface area (Å²) in [6, 6.07) is -2.26. The third-order valence-corrected chi connectivity index (χ3v) is 5.94. The topological polar surface area (TPSA) is 350 Å². The maximum Gasteiger partial charge on any atom is 0.397 e. The highest BCUT2D eigenvalue weighted by molar-refractivity contribution is 7.81. The van der Waals surface area contributed by atoms with Crippen LogP contribution in [0, 0.1) is 0 Å². The van der Waals surface area contributed by atoms with E-state index in [-0.39, 0.29) is 0 Å². The maximum absolute atomic E-state index is 11.7. The number of nitrogens with one attached hydrogen (secondary N) is 1. The summed E-state index contributed by atoms with van der Waals surface area (Å²) >= 11 is 0. The zero-order valence-electron chi connectivity index (χ0n) is 17.7. The molecule has 0 unspecified atom stereocenters. The van der Waals surface area contributed by atoms with Gasteiger partial charge in [-0.3, -0.25) is 23.0 Å². The summed E-state index contributed by atoms with van der Waals surface area (Å²) in [7, 11) is -22.7. The molecule has 218 valence electrons. The molecular weight excluding hydrogens is 610 g/mol. The summed E-state index contributed by atoms with van der Waals surface area (Å²) < 4.78 is 147. The Labute approximate surface area is 208 Å². The molecule has 0 aromatic carbocycles. The van der Waals surface area contributed by atoms with Gasteiger partial charge < -0.3 is 20.3 Å². The Hall–Kier alpha value is -1.66. The number of carboxylic acids is 1. The summed E-state index contributed by atoms with van der Waals surface area (Å²) in [4.78, 5) is 23.3. The van der Waals surface area contributed by atoms with Gasteiger partial charge in [0.2, 0.25) is 5.91 Å². The molecule has 0 aliphatic carbocycles. The van der Waals surface area contributed by atoms with Crippen molar-refractivity contribution in [1.82, 2.24) is 5.32 Å². The van der Waals surface area contributed by atoms with E-state index in [4.69, 9.17) is 22.9 Å². The number of carbonyl (C=O) groups is 2. The first-order valence-corrected chi connectivity index (χ1v) is 14.3. The zero-order chi connectivity index (χ0) is 29.2. The SMILES string of the molecule is CC(=O)N[C@H]1[C@H]([C@H](OS(=O)(=O)O)[C@@H](COS(=O)(=O)O)OS(=O)(=O)O)O[C@@](O)(C(=O)O)C[C@@H]1OS(=O)(=O)O. The van der Waals surface area contributed by atoms with Gasteiger partial charge in [0.1, 0.15) is 24.4 Å². The van der Waals surface area contributed by atoms with Gasteiger partial charge in [-0.25, -0.2) is 21.5 Å². The van der Waals surface area contributed by atoms with Crippen LogP contribution in [0.5, 0.6) is 0 Å². The second-order valence-corrected chi connectivity index (χ2v) is 11.2. The highest BCUT2D eigenvalue weighted by Gasteiger charge is 2.57. The van der Waals surface area contributed by atoms with Crippen LogP contribution in [0.15, 0.2) is 0 Å². The van der Waals surface area contributed by atoms with Gasteiger partial charge >= 0.3 is 47.6 Å².